The lowest BCUT2D eigenvalue weighted by Crippen LogP contribution is -2.40. The number of hydrogen-bond acceptors (Lipinski definition) is 9. The van der Waals surface area contributed by atoms with Gasteiger partial charge in [0.05, 0.1) is 36.5 Å². The van der Waals surface area contributed by atoms with E-state index in [-0.39, 0.29) is 12.0 Å². The van der Waals surface area contributed by atoms with E-state index in [1.807, 2.05) is 49.7 Å². The summed E-state index contributed by atoms with van der Waals surface area (Å²) in [5.74, 6) is 0.252. The summed E-state index contributed by atoms with van der Waals surface area (Å²) in [5, 5.41) is 8.91. The lowest BCUT2D eigenvalue weighted by molar-refractivity contribution is 0.0384. The van der Waals surface area contributed by atoms with Crippen molar-refractivity contribution < 1.29 is 19.0 Å². The first-order valence-corrected chi connectivity index (χ1v) is 13.8. The second-order valence-corrected chi connectivity index (χ2v) is 11.0. The van der Waals surface area contributed by atoms with E-state index in [1.165, 1.54) is 4.90 Å². The molecule has 2 saturated heterocycles. The van der Waals surface area contributed by atoms with E-state index in [2.05, 4.69) is 20.3 Å². The maximum absolute atomic E-state index is 13.4. The fourth-order valence-electron chi connectivity index (χ4n) is 4.80. The molecule has 0 aliphatic carbocycles. The Morgan fingerprint density at radius 3 is 2.51 bits per heavy atom. The number of morpholine rings is 1. The molecular weight excluding hydrogens is 498 g/mol. The Morgan fingerprint density at radius 1 is 1.08 bits per heavy atom. The van der Waals surface area contributed by atoms with Gasteiger partial charge in [-0.25, -0.2) is 19.4 Å². The molecule has 1 aromatic carbocycles. The van der Waals surface area contributed by atoms with Crippen LogP contribution in [0.5, 0.6) is 0 Å². The molecule has 0 saturated carbocycles. The average molecular weight is 538 g/mol. The molecule has 11 heteroatoms. The van der Waals surface area contributed by atoms with Crippen LogP contribution in [-0.4, -0.2) is 88.9 Å². The number of nitrogens with zero attached hydrogens (tertiary/aromatic N) is 6. The summed E-state index contributed by atoms with van der Waals surface area (Å²) >= 11 is 0. The Labute approximate surface area is 229 Å². The number of carbonyl (C=O) groups is 1. The number of hydrogen-bond donors (Lipinski definition) is 1. The van der Waals surface area contributed by atoms with Gasteiger partial charge in [0.2, 0.25) is 5.95 Å². The molecule has 11 nitrogen and oxygen atoms in total. The summed E-state index contributed by atoms with van der Waals surface area (Å²) in [4.78, 5) is 26.6. The predicted octanol–water partition coefficient (Wildman–Crippen LogP) is 3.67. The van der Waals surface area contributed by atoms with Crippen molar-refractivity contribution in [2.24, 2.45) is 0 Å². The summed E-state index contributed by atoms with van der Waals surface area (Å²) in [6, 6.07) is 8.04. The van der Waals surface area contributed by atoms with Gasteiger partial charge < -0.3 is 19.5 Å². The van der Waals surface area contributed by atoms with Gasteiger partial charge in [-0.15, -0.1) is 0 Å². The van der Waals surface area contributed by atoms with Crippen LogP contribution in [0.25, 0.3) is 11.0 Å². The molecule has 1 amide bonds. The summed E-state index contributed by atoms with van der Waals surface area (Å²) in [6.07, 6.45) is 4.69. The molecule has 5 rings (SSSR count). The summed E-state index contributed by atoms with van der Waals surface area (Å²) < 4.78 is 18.6. The van der Waals surface area contributed by atoms with Crippen molar-refractivity contribution in [3.05, 3.63) is 42.2 Å². The largest absolute Gasteiger partial charge is 0.443 e. The second kappa shape index (κ2) is 12.4. The van der Waals surface area contributed by atoms with Crippen molar-refractivity contribution >= 4 is 28.8 Å². The number of anilines is 2. The van der Waals surface area contributed by atoms with Crippen LogP contribution in [0.3, 0.4) is 0 Å². The minimum Gasteiger partial charge on any atom is -0.443 e. The van der Waals surface area contributed by atoms with Crippen LogP contribution in [0.4, 0.5) is 16.4 Å². The van der Waals surface area contributed by atoms with Crippen LogP contribution >= 0.6 is 0 Å². The van der Waals surface area contributed by atoms with Crippen LogP contribution in [0, 0.1) is 0 Å². The normalized spacial score (nSPS) is 17.4. The highest BCUT2D eigenvalue weighted by atomic mass is 16.6. The van der Waals surface area contributed by atoms with E-state index in [1.54, 1.807) is 12.4 Å². The van der Waals surface area contributed by atoms with E-state index in [0.29, 0.717) is 24.5 Å². The minimum absolute atomic E-state index is 0.198. The highest BCUT2D eigenvalue weighted by molar-refractivity contribution is 5.95. The van der Waals surface area contributed by atoms with Crippen LogP contribution < -0.4 is 10.2 Å². The molecule has 4 heterocycles. The topological polar surface area (TPSA) is 107 Å². The fourth-order valence-corrected chi connectivity index (χ4v) is 4.80. The van der Waals surface area contributed by atoms with Crippen molar-refractivity contribution in [2.45, 2.75) is 51.8 Å². The number of benzene rings is 1. The third kappa shape index (κ3) is 7.10. The van der Waals surface area contributed by atoms with E-state index in [9.17, 15) is 4.79 Å². The number of aromatic nitrogens is 4. The molecule has 0 atom stereocenters. The van der Waals surface area contributed by atoms with E-state index >= 15 is 0 Å². The van der Waals surface area contributed by atoms with Crippen LogP contribution in [-0.2, 0) is 20.8 Å². The van der Waals surface area contributed by atoms with Crippen LogP contribution in [0.1, 0.15) is 45.2 Å². The number of ether oxygens (including phenoxy) is 3. The molecule has 2 aliphatic rings. The second-order valence-electron chi connectivity index (χ2n) is 11.0. The third-order valence-electron chi connectivity index (χ3n) is 6.87. The van der Waals surface area contributed by atoms with Crippen molar-refractivity contribution in [3.63, 3.8) is 0 Å². The third-order valence-corrected chi connectivity index (χ3v) is 6.87. The van der Waals surface area contributed by atoms with Crippen LogP contribution in [0.2, 0.25) is 0 Å². The lowest BCUT2D eigenvalue weighted by Gasteiger charge is -2.27. The van der Waals surface area contributed by atoms with E-state index < -0.39 is 11.7 Å². The van der Waals surface area contributed by atoms with Crippen molar-refractivity contribution in [3.8, 4) is 0 Å². The molecule has 210 valence electrons. The zero-order valence-electron chi connectivity index (χ0n) is 23.1. The number of fused-ring (bicyclic) bond motifs is 1. The Balaban J connectivity index is 1.34. The van der Waals surface area contributed by atoms with Gasteiger partial charge in [-0.05, 0) is 51.3 Å². The van der Waals surface area contributed by atoms with E-state index in [0.717, 1.165) is 69.7 Å². The van der Waals surface area contributed by atoms with Gasteiger partial charge in [0, 0.05) is 52.1 Å². The van der Waals surface area contributed by atoms with Gasteiger partial charge in [0.15, 0.2) is 5.65 Å². The number of amides is 1. The highest BCUT2D eigenvalue weighted by Crippen LogP contribution is 2.29. The lowest BCUT2D eigenvalue weighted by atomic mass is 10.1. The first kappa shape index (κ1) is 27.4. The minimum atomic E-state index is -0.673. The van der Waals surface area contributed by atoms with Crippen molar-refractivity contribution in [1.29, 1.82) is 0 Å². The Hall–Kier alpha value is -3.12. The molecule has 0 radical (unpaired) electrons. The van der Waals surface area contributed by atoms with Crippen molar-refractivity contribution in [1.82, 2.24) is 30.0 Å². The molecule has 0 spiro atoms. The van der Waals surface area contributed by atoms with Crippen LogP contribution in [0.15, 0.2) is 36.7 Å². The summed E-state index contributed by atoms with van der Waals surface area (Å²) in [6.45, 7) is 13.2. The first-order valence-electron chi connectivity index (χ1n) is 13.8. The molecule has 1 N–H and O–H groups in total. The maximum atomic E-state index is 13.4. The maximum Gasteiger partial charge on any atom is 0.421 e. The van der Waals surface area contributed by atoms with Gasteiger partial charge >= 0.3 is 6.09 Å². The number of nitrogens with one attached hydrogen (secondary N) is 1. The first-order chi connectivity index (χ1) is 18.9. The molecule has 3 aromatic rings. The average Bonchev–Trinajstić information content (AvgIpc) is 3.36. The van der Waals surface area contributed by atoms with Gasteiger partial charge in [0.1, 0.15) is 5.60 Å². The zero-order valence-corrected chi connectivity index (χ0v) is 23.1. The predicted molar refractivity (Wildman–Crippen MR) is 148 cm³/mol. The Morgan fingerprint density at radius 2 is 1.79 bits per heavy atom. The van der Waals surface area contributed by atoms with Gasteiger partial charge in [-0.2, -0.15) is 10.1 Å². The SMILES string of the molecule is CC(C)(C)OC(=O)N(c1ccc(CNCCN2CCOCC2)cc1)c1ncc2cnn(C3CCOCC3)c2n1. The Kier molecular flexibility index (Phi) is 8.71. The van der Waals surface area contributed by atoms with Gasteiger partial charge in [-0.3, -0.25) is 4.90 Å². The van der Waals surface area contributed by atoms with Crippen molar-refractivity contribution in [2.75, 3.05) is 57.5 Å². The highest BCUT2D eigenvalue weighted by Gasteiger charge is 2.28. The standard InChI is InChI=1S/C28H39N7O4/c1-28(2,3)39-27(36)34(23-6-4-21(5-7-23)18-29-10-11-33-12-16-38-17-13-33)26-30-19-22-20-31-35(25(22)32-26)24-8-14-37-15-9-24/h4-7,19-20,24,29H,8-18H2,1-3H3. The number of carbonyl (C=O) groups excluding carboxylic acids is 1. The zero-order chi connectivity index (χ0) is 27.2. The smallest absolute Gasteiger partial charge is 0.421 e. The molecule has 39 heavy (non-hydrogen) atoms. The molecule has 2 fully saturated rings. The summed E-state index contributed by atoms with van der Waals surface area (Å²) in [7, 11) is 0. The molecule has 0 bridgehead atoms. The molecule has 2 aromatic heterocycles. The Bertz CT molecular complexity index is 1230. The quantitative estimate of drug-likeness (QED) is 0.431. The van der Waals surface area contributed by atoms with Gasteiger partial charge in [0.25, 0.3) is 0 Å². The van der Waals surface area contributed by atoms with Gasteiger partial charge in [-0.1, -0.05) is 12.1 Å². The molecule has 0 unspecified atom stereocenters. The van der Waals surface area contributed by atoms with E-state index in [4.69, 9.17) is 19.2 Å². The molecular formula is C28H39N7O4. The molecule has 2 aliphatic heterocycles. The monoisotopic (exact) mass is 537 g/mol. The number of rotatable bonds is 8. The summed E-state index contributed by atoms with van der Waals surface area (Å²) in [5.41, 5.74) is 1.78. The fraction of sp³-hybridized carbons (Fsp3) is 0.571.